The number of anilines is 2. The maximum Gasteiger partial charge on any atom is 0.240 e. The molecule has 0 saturated carbocycles. The van der Waals surface area contributed by atoms with Crippen molar-refractivity contribution in [1.82, 2.24) is 0 Å². The van der Waals surface area contributed by atoms with Crippen LogP contribution in [0.5, 0.6) is 0 Å². The molecular weight excluding hydrogens is 266 g/mol. The van der Waals surface area contributed by atoms with E-state index in [1.54, 1.807) is 24.0 Å². The van der Waals surface area contributed by atoms with Crippen LogP contribution in [0, 0.1) is 0 Å². The number of carbonyl (C=O) groups is 2. The summed E-state index contributed by atoms with van der Waals surface area (Å²) in [5.74, 6) is -0.106. The first-order chi connectivity index (χ1) is 8.58. The van der Waals surface area contributed by atoms with Gasteiger partial charge in [-0.15, -0.1) is 12.4 Å². The Morgan fingerprint density at radius 1 is 1.47 bits per heavy atom. The van der Waals surface area contributed by atoms with Crippen LogP contribution in [0.4, 0.5) is 11.4 Å². The second-order valence-electron chi connectivity index (χ2n) is 4.48. The zero-order chi connectivity index (χ0) is 13.1. The van der Waals surface area contributed by atoms with E-state index in [4.69, 9.17) is 5.73 Å². The third-order valence-corrected chi connectivity index (χ3v) is 2.91. The molecule has 0 aliphatic carbocycles. The van der Waals surface area contributed by atoms with E-state index in [0.717, 1.165) is 18.7 Å². The van der Waals surface area contributed by atoms with Gasteiger partial charge in [-0.05, 0) is 31.5 Å². The minimum absolute atomic E-state index is 0. The highest BCUT2D eigenvalue weighted by Crippen LogP contribution is 2.24. The Balaban J connectivity index is 0.00000180. The molecule has 19 heavy (non-hydrogen) atoms. The van der Waals surface area contributed by atoms with Crippen molar-refractivity contribution in [2.75, 3.05) is 16.8 Å². The fraction of sp³-hybridized carbons (Fsp3) is 0.385. The first-order valence-corrected chi connectivity index (χ1v) is 6.05. The Labute approximate surface area is 118 Å². The van der Waals surface area contributed by atoms with E-state index in [-0.39, 0.29) is 24.2 Å². The van der Waals surface area contributed by atoms with E-state index < -0.39 is 6.04 Å². The number of amides is 2. The molecule has 2 rings (SSSR count). The first-order valence-electron chi connectivity index (χ1n) is 6.05. The Kier molecular flexibility index (Phi) is 5.32. The second kappa shape index (κ2) is 6.54. The van der Waals surface area contributed by atoms with Gasteiger partial charge in [-0.1, -0.05) is 6.07 Å². The van der Waals surface area contributed by atoms with Crippen molar-refractivity contribution < 1.29 is 9.59 Å². The molecule has 1 aromatic rings. The topological polar surface area (TPSA) is 75.4 Å². The molecule has 2 amide bonds. The predicted molar refractivity (Wildman–Crippen MR) is 77.6 cm³/mol. The Morgan fingerprint density at radius 2 is 2.21 bits per heavy atom. The Hall–Kier alpha value is -1.59. The SMILES string of the molecule is CC(N)C(=O)Nc1cccc(N2CCCC2=O)c1.Cl. The summed E-state index contributed by atoms with van der Waals surface area (Å²) in [7, 11) is 0. The standard InChI is InChI=1S/C13H17N3O2.ClH/c1-9(14)13(18)15-10-4-2-5-11(8-10)16-7-3-6-12(16)17;/h2,4-5,8-9H,3,6-7,14H2,1H3,(H,15,18);1H. The monoisotopic (exact) mass is 283 g/mol. The van der Waals surface area contributed by atoms with Gasteiger partial charge in [-0.3, -0.25) is 9.59 Å². The number of hydrogen-bond acceptors (Lipinski definition) is 3. The van der Waals surface area contributed by atoms with E-state index in [0.29, 0.717) is 12.1 Å². The Morgan fingerprint density at radius 3 is 2.79 bits per heavy atom. The zero-order valence-corrected chi connectivity index (χ0v) is 11.6. The van der Waals surface area contributed by atoms with Crippen LogP contribution < -0.4 is 16.0 Å². The van der Waals surface area contributed by atoms with Crippen molar-refractivity contribution in [2.24, 2.45) is 5.73 Å². The predicted octanol–water partition coefficient (Wildman–Crippen LogP) is 1.52. The minimum atomic E-state index is -0.554. The number of carbonyl (C=O) groups excluding carboxylic acids is 2. The summed E-state index contributed by atoms with van der Waals surface area (Å²) in [5, 5.41) is 2.72. The van der Waals surface area contributed by atoms with Gasteiger partial charge in [-0.2, -0.15) is 0 Å². The summed E-state index contributed by atoms with van der Waals surface area (Å²) in [5.41, 5.74) is 6.97. The van der Waals surface area contributed by atoms with Crippen LogP contribution in [0.25, 0.3) is 0 Å². The molecule has 1 atom stereocenters. The molecule has 1 fully saturated rings. The van der Waals surface area contributed by atoms with Gasteiger partial charge in [0.25, 0.3) is 0 Å². The normalized spacial score (nSPS) is 15.9. The molecule has 0 bridgehead atoms. The lowest BCUT2D eigenvalue weighted by molar-refractivity contribution is -0.117. The summed E-state index contributed by atoms with van der Waals surface area (Å²) in [4.78, 5) is 24.9. The number of benzene rings is 1. The first kappa shape index (κ1) is 15.5. The Bertz CT molecular complexity index is 477. The van der Waals surface area contributed by atoms with Gasteiger partial charge in [0.05, 0.1) is 6.04 Å². The van der Waals surface area contributed by atoms with Gasteiger partial charge in [0.1, 0.15) is 0 Å². The van der Waals surface area contributed by atoms with Crippen LogP contribution in [0.3, 0.4) is 0 Å². The molecule has 1 aliphatic rings. The molecule has 1 heterocycles. The molecule has 1 saturated heterocycles. The van der Waals surface area contributed by atoms with Gasteiger partial charge in [0, 0.05) is 24.3 Å². The summed E-state index contributed by atoms with van der Waals surface area (Å²) in [6.45, 7) is 2.37. The number of hydrogen-bond donors (Lipinski definition) is 2. The van der Waals surface area contributed by atoms with Crippen LogP contribution in [-0.4, -0.2) is 24.4 Å². The molecule has 0 radical (unpaired) electrons. The quantitative estimate of drug-likeness (QED) is 0.883. The third kappa shape index (κ3) is 3.68. The van der Waals surface area contributed by atoms with Crippen LogP contribution in [0.1, 0.15) is 19.8 Å². The van der Waals surface area contributed by atoms with E-state index in [2.05, 4.69) is 5.32 Å². The highest BCUT2D eigenvalue weighted by molar-refractivity contribution is 5.98. The number of nitrogens with two attached hydrogens (primary N) is 1. The number of nitrogens with one attached hydrogen (secondary N) is 1. The van der Waals surface area contributed by atoms with E-state index in [1.807, 2.05) is 12.1 Å². The van der Waals surface area contributed by atoms with Crippen LogP contribution in [0.2, 0.25) is 0 Å². The van der Waals surface area contributed by atoms with Crippen molar-refractivity contribution in [2.45, 2.75) is 25.8 Å². The summed E-state index contributed by atoms with van der Waals surface area (Å²) in [6, 6.07) is 6.71. The maximum atomic E-state index is 11.6. The lowest BCUT2D eigenvalue weighted by atomic mass is 10.2. The lowest BCUT2D eigenvalue weighted by Gasteiger charge is -2.17. The van der Waals surface area contributed by atoms with Gasteiger partial charge < -0.3 is 16.0 Å². The molecule has 5 nitrogen and oxygen atoms in total. The molecule has 104 valence electrons. The fourth-order valence-electron chi connectivity index (χ4n) is 1.93. The highest BCUT2D eigenvalue weighted by atomic mass is 35.5. The lowest BCUT2D eigenvalue weighted by Crippen LogP contribution is -2.32. The van der Waals surface area contributed by atoms with E-state index in [1.165, 1.54) is 0 Å². The van der Waals surface area contributed by atoms with Gasteiger partial charge in [0.2, 0.25) is 11.8 Å². The van der Waals surface area contributed by atoms with Crippen molar-refractivity contribution >= 4 is 35.6 Å². The van der Waals surface area contributed by atoms with Crippen LogP contribution in [0.15, 0.2) is 24.3 Å². The van der Waals surface area contributed by atoms with Gasteiger partial charge in [-0.25, -0.2) is 0 Å². The van der Waals surface area contributed by atoms with Crippen LogP contribution in [-0.2, 0) is 9.59 Å². The maximum absolute atomic E-state index is 11.6. The molecule has 0 aromatic heterocycles. The van der Waals surface area contributed by atoms with E-state index >= 15 is 0 Å². The zero-order valence-electron chi connectivity index (χ0n) is 10.8. The molecule has 1 aliphatic heterocycles. The molecule has 1 unspecified atom stereocenters. The summed E-state index contributed by atoms with van der Waals surface area (Å²) < 4.78 is 0. The average Bonchev–Trinajstić information content (AvgIpc) is 2.75. The molecule has 6 heteroatoms. The van der Waals surface area contributed by atoms with Crippen molar-refractivity contribution in [3.63, 3.8) is 0 Å². The number of rotatable bonds is 3. The summed E-state index contributed by atoms with van der Waals surface area (Å²) in [6.07, 6.45) is 1.48. The molecule has 3 N–H and O–H groups in total. The van der Waals surface area contributed by atoms with Crippen molar-refractivity contribution in [3.05, 3.63) is 24.3 Å². The largest absolute Gasteiger partial charge is 0.325 e. The van der Waals surface area contributed by atoms with E-state index in [9.17, 15) is 9.59 Å². The molecule has 1 aromatic carbocycles. The van der Waals surface area contributed by atoms with Crippen LogP contribution >= 0.6 is 12.4 Å². The second-order valence-corrected chi connectivity index (χ2v) is 4.48. The summed E-state index contributed by atoms with van der Waals surface area (Å²) >= 11 is 0. The number of halogens is 1. The molecular formula is C13H18ClN3O2. The average molecular weight is 284 g/mol. The minimum Gasteiger partial charge on any atom is -0.325 e. The smallest absolute Gasteiger partial charge is 0.240 e. The third-order valence-electron chi connectivity index (χ3n) is 2.91. The van der Waals surface area contributed by atoms with Crippen molar-refractivity contribution in [3.8, 4) is 0 Å². The van der Waals surface area contributed by atoms with Gasteiger partial charge >= 0.3 is 0 Å². The molecule has 0 spiro atoms. The fourth-order valence-corrected chi connectivity index (χ4v) is 1.93. The van der Waals surface area contributed by atoms with Crippen molar-refractivity contribution in [1.29, 1.82) is 0 Å². The highest BCUT2D eigenvalue weighted by Gasteiger charge is 2.21. The van der Waals surface area contributed by atoms with Gasteiger partial charge in [0.15, 0.2) is 0 Å². The number of nitrogens with zero attached hydrogens (tertiary/aromatic N) is 1.